The normalized spacial score (nSPS) is 12.5. The van der Waals surface area contributed by atoms with E-state index in [2.05, 4.69) is 15.3 Å². The number of nitrogens with zero attached hydrogens (tertiary/aromatic N) is 2. The standard InChI is InChI=1S/C8H11N3O/c1-6(9-2)8(12)7-3-10-5-11-4-7/h3-6,9H,1-2H3. The van der Waals surface area contributed by atoms with Crippen LogP contribution in [0.15, 0.2) is 18.7 Å². The lowest BCUT2D eigenvalue weighted by molar-refractivity contribution is 0.0954. The Morgan fingerprint density at radius 1 is 1.50 bits per heavy atom. The third-order valence-electron chi connectivity index (χ3n) is 1.67. The average molecular weight is 165 g/mol. The highest BCUT2D eigenvalue weighted by Crippen LogP contribution is 1.98. The van der Waals surface area contributed by atoms with Gasteiger partial charge in [0.2, 0.25) is 0 Å². The van der Waals surface area contributed by atoms with Crippen molar-refractivity contribution in [1.82, 2.24) is 15.3 Å². The number of rotatable bonds is 3. The minimum absolute atomic E-state index is 0.0121. The van der Waals surface area contributed by atoms with E-state index in [1.807, 2.05) is 0 Å². The lowest BCUT2D eigenvalue weighted by Crippen LogP contribution is -2.30. The van der Waals surface area contributed by atoms with E-state index < -0.39 is 0 Å². The summed E-state index contributed by atoms with van der Waals surface area (Å²) in [7, 11) is 1.74. The number of hydrogen-bond acceptors (Lipinski definition) is 4. The lowest BCUT2D eigenvalue weighted by atomic mass is 10.1. The van der Waals surface area contributed by atoms with Crippen molar-refractivity contribution in [3.05, 3.63) is 24.3 Å². The fraction of sp³-hybridized carbons (Fsp3) is 0.375. The van der Waals surface area contributed by atoms with Crippen LogP contribution in [-0.2, 0) is 0 Å². The van der Waals surface area contributed by atoms with E-state index in [1.165, 1.54) is 18.7 Å². The molecule has 1 atom stereocenters. The average Bonchev–Trinajstić information content (AvgIpc) is 2.17. The molecule has 1 unspecified atom stereocenters. The van der Waals surface area contributed by atoms with Crippen molar-refractivity contribution in [3.8, 4) is 0 Å². The molecule has 4 heteroatoms. The van der Waals surface area contributed by atoms with Gasteiger partial charge in [-0.1, -0.05) is 0 Å². The molecule has 0 spiro atoms. The van der Waals surface area contributed by atoms with Crippen LogP contribution < -0.4 is 5.32 Å². The first-order valence-corrected chi connectivity index (χ1v) is 3.72. The number of ketones is 1. The molecule has 0 radical (unpaired) electrons. The van der Waals surface area contributed by atoms with Crippen LogP contribution >= 0.6 is 0 Å². The Morgan fingerprint density at radius 3 is 2.58 bits per heavy atom. The van der Waals surface area contributed by atoms with E-state index in [0.29, 0.717) is 5.56 Å². The number of Topliss-reactive ketones (excluding diaryl/α,β-unsaturated/α-hetero) is 1. The van der Waals surface area contributed by atoms with Crippen LogP contribution in [0.3, 0.4) is 0 Å². The quantitative estimate of drug-likeness (QED) is 0.653. The minimum Gasteiger partial charge on any atom is -0.310 e. The van der Waals surface area contributed by atoms with Gasteiger partial charge < -0.3 is 5.32 Å². The number of nitrogens with one attached hydrogen (secondary N) is 1. The fourth-order valence-electron chi connectivity index (χ4n) is 0.807. The molecule has 0 aliphatic heterocycles. The smallest absolute Gasteiger partial charge is 0.182 e. The predicted molar refractivity (Wildman–Crippen MR) is 44.9 cm³/mol. The zero-order valence-electron chi connectivity index (χ0n) is 7.11. The first-order chi connectivity index (χ1) is 5.75. The second-order valence-corrected chi connectivity index (χ2v) is 2.50. The molecule has 4 nitrogen and oxygen atoms in total. The van der Waals surface area contributed by atoms with Crippen molar-refractivity contribution in [2.75, 3.05) is 7.05 Å². The number of carbonyl (C=O) groups excluding carboxylic acids is 1. The summed E-state index contributed by atoms with van der Waals surface area (Å²) in [6.07, 6.45) is 4.44. The highest BCUT2D eigenvalue weighted by atomic mass is 16.1. The van der Waals surface area contributed by atoms with Gasteiger partial charge in [0.05, 0.1) is 11.6 Å². The summed E-state index contributed by atoms with van der Waals surface area (Å²) in [5.74, 6) is 0.0121. The first-order valence-electron chi connectivity index (χ1n) is 3.72. The van der Waals surface area contributed by atoms with Gasteiger partial charge in [0.15, 0.2) is 5.78 Å². The van der Waals surface area contributed by atoms with Crippen LogP contribution in [0.25, 0.3) is 0 Å². The van der Waals surface area contributed by atoms with Gasteiger partial charge in [0, 0.05) is 12.4 Å². The van der Waals surface area contributed by atoms with Gasteiger partial charge in [-0.25, -0.2) is 9.97 Å². The summed E-state index contributed by atoms with van der Waals surface area (Å²) in [4.78, 5) is 19.0. The van der Waals surface area contributed by atoms with Crippen LogP contribution in [0.2, 0.25) is 0 Å². The Morgan fingerprint density at radius 2 is 2.08 bits per heavy atom. The summed E-state index contributed by atoms with van der Waals surface area (Å²) in [6, 6.07) is -0.184. The Bertz CT molecular complexity index is 260. The van der Waals surface area contributed by atoms with Gasteiger partial charge in [-0.05, 0) is 14.0 Å². The molecule has 0 amide bonds. The molecule has 1 rings (SSSR count). The van der Waals surface area contributed by atoms with E-state index in [1.54, 1.807) is 14.0 Å². The molecule has 12 heavy (non-hydrogen) atoms. The maximum atomic E-state index is 11.4. The molecule has 0 aliphatic rings. The monoisotopic (exact) mass is 165 g/mol. The summed E-state index contributed by atoms with van der Waals surface area (Å²) in [6.45, 7) is 1.80. The van der Waals surface area contributed by atoms with Crippen LogP contribution in [0.4, 0.5) is 0 Å². The highest BCUT2D eigenvalue weighted by Gasteiger charge is 2.12. The van der Waals surface area contributed by atoms with E-state index >= 15 is 0 Å². The van der Waals surface area contributed by atoms with Crippen molar-refractivity contribution >= 4 is 5.78 Å². The predicted octanol–water partition coefficient (Wildman–Crippen LogP) is 0.267. The molecule has 0 aromatic carbocycles. The molecule has 0 aliphatic carbocycles. The molecular formula is C8H11N3O. The van der Waals surface area contributed by atoms with Crippen molar-refractivity contribution in [2.45, 2.75) is 13.0 Å². The van der Waals surface area contributed by atoms with Crippen molar-refractivity contribution in [2.24, 2.45) is 0 Å². The molecular weight excluding hydrogens is 154 g/mol. The molecule has 0 saturated heterocycles. The third kappa shape index (κ3) is 1.85. The summed E-state index contributed by atoms with van der Waals surface area (Å²) >= 11 is 0. The van der Waals surface area contributed by atoms with Gasteiger partial charge in [0.25, 0.3) is 0 Å². The molecule has 1 aromatic rings. The van der Waals surface area contributed by atoms with E-state index in [4.69, 9.17) is 0 Å². The maximum absolute atomic E-state index is 11.4. The van der Waals surface area contributed by atoms with Gasteiger partial charge in [-0.15, -0.1) is 0 Å². The number of aromatic nitrogens is 2. The zero-order valence-corrected chi connectivity index (χ0v) is 7.11. The fourth-order valence-corrected chi connectivity index (χ4v) is 0.807. The second-order valence-electron chi connectivity index (χ2n) is 2.50. The largest absolute Gasteiger partial charge is 0.310 e. The van der Waals surface area contributed by atoms with Gasteiger partial charge in [-0.3, -0.25) is 4.79 Å². The molecule has 0 fully saturated rings. The second kappa shape index (κ2) is 3.92. The van der Waals surface area contributed by atoms with Gasteiger partial charge >= 0.3 is 0 Å². The zero-order chi connectivity index (χ0) is 8.97. The Kier molecular flexibility index (Phi) is 2.88. The number of hydrogen-bond donors (Lipinski definition) is 1. The van der Waals surface area contributed by atoms with E-state index in [-0.39, 0.29) is 11.8 Å². The summed E-state index contributed by atoms with van der Waals surface area (Å²) in [5, 5.41) is 2.86. The van der Waals surface area contributed by atoms with Crippen molar-refractivity contribution in [3.63, 3.8) is 0 Å². The number of likely N-dealkylation sites (N-methyl/N-ethyl adjacent to an activating group) is 1. The molecule has 1 N–H and O–H groups in total. The van der Waals surface area contributed by atoms with Crippen molar-refractivity contribution in [1.29, 1.82) is 0 Å². The summed E-state index contributed by atoms with van der Waals surface area (Å²) in [5.41, 5.74) is 0.541. The van der Waals surface area contributed by atoms with E-state index in [0.717, 1.165) is 0 Å². The van der Waals surface area contributed by atoms with Crippen molar-refractivity contribution < 1.29 is 4.79 Å². The highest BCUT2D eigenvalue weighted by molar-refractivity contribution is 5.99. The third-order valence-corrected chi connectivity index (χ3v) is 1.67. The Hall–Kier alpha value is -1.29. The van der Waals surface area contributed by atoms with E-state index in [9.17, 15) is 4.79 Å². The number of carbonyl (C=O) groups is 1. The lowest BCUT2D eigenvalue weighted by Gasteiger charge is -2.06. The molecule has 0 saturated carbocycles. The molecule has 1 heterocycles. The Balaban J connectivity index is 2.79. The SMILES string of the molecule is CNC(C)C(=O)c1cncnc1. The maximum Gasteiger partial charge on any atom is 0.182 e. The Labute approximate surface area is 71.0 Å². The summed E-state index contributed by atoms with van der Waals surface area (Å²) < 4.78 is 0. The van der Waals surface area contributed by atoms with Crippen LogP contribution in [0, 0.1) is 0 Å². The van der Waals surface area contributed by atoms with Gasteiger partial charge in [-0.2, -0.15) is 0 Å². The first kappa shape index (κ1) is 8.80. The molecule has 64 valence electrons. The van der Waals surface area contributed by atoms with Crippen LogP contribution in [0.5, 0.6) is 0 Å². The minimum atomic E-state index is -0.184. The van der Waals surface area contributed by atoms with Crippen LogP contribution in [0.1, 0.15) is 17.3 Å². The van der Waals surface area contributed by atoms with Gasteiger partial charge in [0.1, 0.15) is 6.33 Å². The molecule has 0 bridgehead atoms. The van der Waals surface area contributed by atoms with Crippen LogP contribution in [-0.4, -0.2) is 28.8 Å². The topological polar surface area (TPSA) is 54.9 Å². The molecule has 1 aromatic heterocycles.